The van der Waals surface area contributed by atoms with Gasteiger partial charge in [0.1, 0.15) is 11.6 Å². The molecule has 1 aliphatic heterocycles. The first-order valence-corrected chi connectivity index (χ1v) is 10.8. The fraction of sp³-hybridized carbons (Fsp3) is 0.474. The largest absolute Gasteiger partial charge is 0.354 e. The number of nitrogens with zero attached hydrogens (tertiary/aromatic N) is 4. The van der Waals surface area contributed by atoms with Gasteiger partial charge in [-0.1, -0.05) is 19.1 Å². The van der Waals surface area contributed by atoms with Gasteiger partial charge in [0.25, 0.3) is 0 Å². The van der Waals surface area contributed by atoms with Crippen LogP contribution >= 0.6 is 0 Å². The van der Waals surface area contributed by atoms with Crippen LogP contribution in [-0.4, -0.2) is 55.7 Å². The lowest BCUT2D eigenvalue weighted by molar-refractivity contribution is 0.249. The summed E-state index contributed by atoms with van der Waals surface area (Å²) in [5.41, 5.74) is 2.33. The Morgan fingerprint density at radius 1 is 1.08 bits per heavy atom. The van der Waals surface area contributed by atoms with E-state index in [1.807, 2.05) is 25.3 Å². The molecule has 0 amide bonds. The predicted molar refractivity (Wildman–Crippen MR) is 103 cm³/mol. The number of anilines is 1. The lowest BCUT2D eigenvalue weighted by atomic mass is 10.2. The Hall–Kier alpha value is -1.99. The fourth-order valence-electron chi connectivity index (χ4n) is 3.22. The molecule has 2 aromatic rings. The number of rotatable bonds is 5. The predicted octanol–water partition coefficient (Wildman–Crippen LogP) is 2.07. The van der Waals surface area contributed by atoms with Crippen molar-refractivity contribution in [3.63, 3.8) is 0 Å². The second kappa shape index (κ2) is 7.72. The van der Waals surface area contributed by atoms with Crippen LogP contribution in [-0.2, 0) is 22.8 Å². The Balaban J connectivity index is 1.61. The normalized spacial score (nSPS) is 16.0. The van der Waals surface area contributed by atoms with Crippen molar-refractivity contribution in [3.05, 3.63) is 47.4 Å². The molecule has 0 unspecified atom stereocenters. The summed E-state index contributed by atoms with van der Waals surface area (Å²) in [5.74, 6) is 1.88. The van der Waals surface area contributed by atoms with E-state index in [1.54, 1.807) is 12.1 Å². The molecule has 2 heterocycles. The molecule has 0 radical (unpaired) electrons. The first-order valence-electron chi connectivity index (χ1n) is 8.95. The van der Waals surface area contributed by atoms with Crippen LogP contribution in [0.25, 0.3) is 0 Å². The molecule has 1 saturated heterocycles. The van der Waals surface area contributed by atoms with Gasteiger partial charge in [0.05, 0.1) is 4.90 Å². The molecule has 1 aromatic carbocycles. The summed E-state index contributed by atoms with van der Waals surface area (Å²) in [5, 5.41) is 0. The van der Waals surface area contributed by atoms with E-state index in [0.717, 1.165) is 56.4 Å². The molecule has 0 aliphatic carbocycles. The maximum absolute atomic E-state index is 11.6. The van der Waals surface area contributed by atoms with E-state index in [2.05, 4.69) is 26.7 Å². The third-order valence-corrected chi connectivity index (χ3v) is 5.90. The maximum atomic E-state index is 11.6. The average molecular weight is 375 g/mol. The van der Waals surface area contributed by atoms with Crippen molar-refractivity contribution in [3.8, 4) is 0 Å². The van der Waals surface area contributed by atoms with Gasteiger partial charge in [0.2, 0.25) is 0 Å². The molecule has 1 aromatic heterocycles. The number of piperazine rings is 1. The van der Waals surface area contributed by atoms with Gasteiger partial charge in [-0.2, -0.15) is 0 Å². The van der Waals surface area contributed by atoms with Crippen molar-refractivity contribution >= 4 is 15.7 Å². The van der Waals surface area contributed by atoms with E-state index in [1.165, 1.54) is 11.8 Å². The minimum absolute atomic E-state index is 0.372. The van der Waals surface area contributed by atoms with Crippen molar-refractivity contribution in [1.82, 2.24) is 14.9 Å². The van der Waals surface area contributed by atoms with Gasteiger partial charge in [-0.05, 0) is 31.0 Å². The maximum Gasteiger partial charge on any atom is 0.175 e. The monoisotopic (exact) mass is 374 g/mol. The first kappa shape index (κ1) is 18.8. The van der Waals surface area contributed by atoms with Gasteiger partial charge in [-0.3, -0.25) is 4.90 Å². The van der Waals surface area contributed by atoms with Gasteiger partial charge < -0.3 is 4.90 Å². The fourth-order valence-corrected chi connectivity index (χ4v) is 3.85. The minimum atomic E-state index is -3.13. The SMILES string of the molecule is CCc1cnc(C)nc1N1CCN(Cc2ccc(S(C)(=O)=O)cc2)CC1. The summed E-state index contributed by atoms with van der Waals surface area (Å²) in [6.07, 6.45) is 4.11. The van der Waals surface area contributed by atoms with Crippen LogP contribution in [0.1, 0.15) is 23.9 Å². The smallest absolute Gasteiger partial charge is 0.175 e. The van der Waals surface area contributed by atoms with E-state index in [0.29, 0.717) is 4.90 Å². The molecule has 3 rings (SSSR count). The zero-order valence-electron chi connectivity index (χ0n) is 15.6. The van der Waals surface area contributed by atoms with Crippen LogP contribution in [0.3, 0.4) is 0 Å². The number of sulfone groups is 1. The second-order valence-electron chi connectivity index (χ2n) is 6.80. The summed E-state index contributed by atoms with van der Waals surface area (Å²) in [4.78, 5) is 14.1. The molecular weight excluding hydrogens is 348 g/mol. The minimum Gasteiger partial charge on any atom is -0.354 e. The Morgan fingerprint density at radius 3 is 2.31 bits per heavy atom. The quantitative estimate of drug-likeness (QED) is 0.798. The molecule has 26 heavy (non-hydrogen) atoms. The van der Waals surface area contributed by atoms with E-state index in [4.69, 9.17) is 0 Å². The van der Waals surface area contributed by atoms with Crippen LogP contribution in [0.5, 0.6) is 0 Å². The van der Waals surface area contributed by atoms with Gasteiger partial charge in [-0.25, -0.2) is 18.4 Å². The number of benzene rings is 1. The summed E-state index contributed by atoms with van der Waals surface area (Å²) < 4.78 is 23.1. The van der Waals surface area contributed by atoms with E-state index >= 15 is 0 Å². The molecule has 0 N–H and O–H groups in total. The first-order chi connectivity index (χ1) is 12.4. The topological polar surface area (TPSA) is 66.4 Å². The zero-order valence-corrected chi connectivity index (χ0v) is 16.5. The molecule has 6 nitrogen and oxygen atoms in total. The van der Waals surface area contributed by atoms with Gasteiger partial charge in [0, 0.05) is 50.7 Å². The highest BCUT2D eigenvalue weighted by Gasteiger charge is 2.20. The van der Waals surface area contributed by atoms with Crippen molar-refractivity contribution in [2.45, 2.75) is 31.7 Å². The highest BCUT2D eigenvalue weighted by molar-refractivity contribution is 7.90. The van der Waals surface area contributed by atoms with Crippen LogP contribution < -0.4 is 4.90 Å². The summed E-state index contributed by atoms with van der Waals surface area (Å²) in [7, 11) is -3.13. The van der Waals surface area contributed by atoms with Crippen molar-refractivity contribution in [2.75, 3.05) is 37.3 Å². The lowest BCUT2D eigenvalue weighted by Crippen LogP contribution is -2.46. The molecule has 1 aliphatic rings. The standard InChI is InChI=1S/C19H26N4O2S/c1-4-17-13-20-15(2)21-19(17)23-11-9-22(10-12-23)14-16-5-7-18(8-6-16)26(3,24)25/h5-8,13H,4,9-12,14H2,1-3H3. The molecule has 140 valence electrons. The number of hydrogen-bond donors (Lipinski definition) is 0. The number of hydrogen-bond acceptors (Lipinski definition) is 6. The molecule has 1 fully saturated rings. The van der Waals surface area contributed by atoms with Gasteiger partial charge in [-0.15, -0.1) is 0 Å². The molecule has 0 bridgehead atoms. The van der Waals surface area contributed by atoms with Crippen LogP contribution in [0.4, 0.5) is 5.82 Å². The zero-order chi connectivity index (χ0) is 18.7. The molecule has 7 heteroatoms. The molecule has 0 atom stereocenters. The number of aromatic nitrogens is 2. The van der Waals surface area contributed by atoms with Crippen molar-refractivity contribution in [2.24, 2.45) is 0 Å². The summed E-state index contributed by atoms with van der Waals surface area (Å²) in [6, 6.07) is 7.20. The average Bonchev–Trinajstić information content (AvgIpc) is 2.62. The van der Waals surface area contributed by atoms with E-state index < -0.39 is 9.84 Å². The lowest BCUT2D eigenvalue weighted by Gasteiger charge is -2.36. The molecule has 0 spiro atoms. The van der Waals surface area contributed by atoms with Crippen molar-refractivity contribution in [1.29, 1.82) is 0 Å². The Bertz CT molecular complexity index is 858. The highest BCUT2D eigenvalue weighted by atomic mass is 32.2. The molecular formula is C19H26N4O2S. The molecule has 0 saturated carbocycles. The second-order valence-corrected chi connectivity index (χ2v) is 8.81. The summed E-state index contributed by atoms with van der Waals surface area (Å²) in [6.45, 7) is 8.68. The van der Waals surface area contributed by atoms with E-state index in [-0.39, 0.29) is 0 Å². The summed E-state index contributed by atoms with van der Waals surface area (Å²) >= 11 is 0. The third kappa shape index (κ3) is 4.40. The van der Waals surface area contributed by atoms with E-state index in [9.17, 15) is 8.42 Å². The van der Waals surface area contributed by atoms with Gasteiger partial charge in [0.15, 0.2) is 9.84 Å². The third-order valence-electron chi connectivity index (χ3n) is 4.77. The highest BCUT2D eigenvalue weighted by Crippen LogP contribution is 2.20. The van der Waals surface area contributed by atoms with Crippen LogP contribution in [0.2, 0.25) is 0 Å². The van der Waals surface area contributed by atoms with Crippen LogP contribution in [0, 0.1) is 6.92 Å². The van der Waals surface area contributed by atoms with Gasteiger partial charge >= 0.3 is 0 Å². The van der Waals surface area contributed by atoms with Crippen LogP contribution in [0.15, 0.2) is 35.4 Å². The Kier molecular flexibility index (Phi) is 5.58. The van der Waals surface area contributed by atoms with Crippen molar-refractivity contribution < 1.29 is 8.42 Å². The Labute approximate surface area is 155 Å². The Morgan fingerprint density at radius 2 is 1.73 bits per heavy atom. The number of aryl methyl sites for hydroxylation is 2.